The number of tetrazole rings is 1. The Morgan fingerprint density at radius 3 is 2.89 bits per heavy atom. The first-order valence-electron chi connectivity index (χ1n) is 4.84. The van der Waals surface area contributed by atoms with Gasteiger partial charge in [-0.1, -0.05) is 0 Å². The topological polar surface area (TPSA) is 123 Å². The van der Waals surface area contributed by atoms with Crippen LogP contribution in [0.4, 0.5) is 5.69 Å². The third kappa shape index (κ3) is 2.84. The van der Waals surface area contributed by atoms with Crippen LogP contribution in [0.2, 0.25) is 0 Å². The van der Waals surface area contributed by atoms with E-state index in [9.17, 15) is 9.59 Å². The third-order valence-electron chi connectivity index (χ3n) is 1.97. The van der Waals surface area contributed by atoms with E-state index >= 15 is 0 Å². The van der Waals surface area contributed by atoms with Crippen LogP contribution in [-0.4, -0.2) is 42.2 Å². The predicted molar refractivity (Wildman–Crippen MR) is 57.6 cm³/mol. The summed E-state index contributed by atoms with van der Waals surface area (Å²) >= 11 is 0. The summed E-state index contributed by atoms with van der Waals surface area (Å²) in [7, 11) is 0. The minimum atomic E-state index is -1.11. The minimum absolute atomic E-state index is 0.00442. The fourth-order valence-corrected chi connectivity index (χ4v) is 1.23. The van der Waals surface area contributed by atoms with Crippen LogP contribution in [0.3, 0.4) is 0 Å². The minimum Gasteiger partial charge on any atom is -0.478 e. The van der Waals surface area contributed by atoms with Crippen LogP contribution in [0.5, 0.6) is 0 Å². The molecule has 18 heavy (non-hydrogen) atoms. The molecule has 0 unspecified atom stereocenters. The molecule has 0 spiro atoms. The molecule has 0 saturated heterocycles. The van der Waals surface area contributed by atoms with Crippen molar-refractivity contribution in [2.75, 3.05) is 5.32 Å². The van der Waals surface area contributed by atoms with Crippen molar-refractivity contribution in [2.24, 2.45) is 0 Å². The van der Waals surface area contributed by atoms with E-state index in [1.807, 2.05) is 0 Å². The van der Waals surface area contributed by atoms with Crippen molar-refractivity contribution in [3.05, 3.63) is 30.4 Å². The summed E-state index contributed by atoms with van der Waals surface area (Å²) in [6.07, 6.45) is 3.84. The fraction of sp³-hybridized carbons (Fsp3) is 0.111. The van der Waals surface area contributed by atoms with Crippen molar-refractivity contribution < 1.29 is 14.7 Å². The zero-order valence-electron chi connectivity index (χ0n) is 9.02. The van der Waals surface area contributed by atoms with Crippen molar-refractivity contribution in [1.29, 1.82) is 0 Å². The second kappa shape index (κ2) is 4.99. The van der Waals surface area contributed by atoms with Gasteiger partial charge in [-0.25, -0.2) is 9.48 Å². The van der Waals surface area contributed by atoms with Crippen LogP contribution in [0, 0.1) is 0 Å². The number of nitrogens with zero attached hydrogens (tertiary/aromatic N) is 5. The Morgan fingerprint density at radius 2 is 2.22 bits per heavy atom. The summed E-state index contributed by atoms with van der Waals surface area (Å²) in [5.41, 5.74) is 0.295. The van der Waals surface area contributed by atoms with Crippen LogP contribution >= 0.6 is 0 Å². The molecule has 9 heteroatoms. The van der Waals surface area contributed by atoms with E-state index in [-0.39, 0.29) is 18.0 Å². The van der Waals surface area contributed by atoms with Gasteiger partial charge in [0.1, 0.15) is 12.9 Å². The van der Waals surface area contributed by atoms with E-state index < -0.39 is 5.97 Å². The van der Waals surface area contributed by atoms with Gasteiger partial charge >= 0.3 is 5.97 Å². The van der Waals surface area contributed by atoms with E-state index in [1.165, 1.54) is 29.5 Å². The highest BCUT2D eigenvalue weighted by molar-refractivity contribution is 5.93. The van der Waals surface area contributed by atoms with Crippen molar-refractivity contribution in [2.45, 2.75) is 6.54 Å². The summed E-state index contributed by atoms with van der Waals surface area (Å²) in [6, 6.07) is 1.31. The number of aromatic nitrogens is 5. The van der Waals surface area contributed by atoms with Crippen molar-refractivity contribution in [1.82, 2.24) is 25.2 Å². The van der Waals surface area contributed by atoms with Crippen LogP contribution in [0.1, 0.15) is 10.4 Å². The van der Waals surface area contributed by atoms with E-state index in [4.69, 9.17) is 5.11 Å². The number of carbonyl (C=O) groups is 2. The number of carboxylic acids is 1. The van der Waals surface area contributed by atoms with Crippen LogP contribution < -0.4 is 5.32 Å². The molecule has 9 nitrogen and oxygen atoms in total. The number of nitrogens with one attached hydrogen (secondary N) is 1. The normalized spacial score (nSPS) is 10.0. The van der Waals surface area contributed by atoms with Gasteiger partial charge in [0.15, 0.2) is 0 Å². The maximum atomic E-state index is 11.6. The molecular weight excluding hydrogens is 240 g/mol. The Kier molecular flexibility index (Phi) is 3.23. The Bertz CT molecular complexity index is 567. The molecule has 0 aromatic carbocycles. The van der Waals surface area contributed by atoms with Gasteiger partial charge in [0.25, 0.3) is 0 Å². The van der Waals surface area contributed by atoms with Gasteiger partial charge in [-0.15, -0.1) is 5.10 Å². The lowest BCUT2D eigenvalue weighted by atomic mass is 10.2. The molecule has 0 aliphatic carbocycles. The second-order valence-corrected chi connectivity index (χ2v) is 3.32. The Balaban J connectivity index is 2.03. The number of aromatic carboxylic acids is 1. The molecule has 2 aromatic heterocycles. The molecule has 0 saturated carbocycles. The fourth-order valence-electron chi connectivity index (χ4n) is 1.23. The molecule has 0 aliphatic heterocycles. The van der Waals surface area contributed by atoms with E-state index in [0.29, 0.717) is 5.69 Å². The molecule has 0 radical (unpaired) electrons. The monoisotopic (exact) mass is 248 g/mol. The average molecular weight is 248 g/mol. The molecule has 2 heterocycles. The zero-order valence-corrected chi connectivity index (χ0v) is 9.02. The van der Waals surface area contributed by atoms with Crippen LogP contribution in [0.25, 0.3) is 0 Å². The zero-order chi connectivity index (χ0) is 13.0. The first-order chi connectivity index (χ1) is 8.65. The molecule has 0 fully saturated rings. The highest BCUT2D eigenvalue weighted by Gasteiger charge is 2.08. The number of anilines is 1. The molecule has 2 N–H and O–H groups in total. The standard InChI is InChI=1S/C9H8N6O3/c16-8(4-15-5-11-13-14-15)12-7-1-6(9(17)18)2-10-3-7/h1-3,5H,4H2,(H,12,16)(H,17,18). The van der Waals surface area contributed by atoms with Gasteiger partial charge in [-0.2, -0.15) is 0 Å². The molecule has 0 bridgehead atoms. The summed E-state index contributed by atoms with van der Waals surface area (Å²) in [6.45, 7) is -0.0652. The number of carboxylic acid groups (broad SMARTS) is 1. The lowest BCUT2D eigenvalue weighted by Crippen LogP contribution is -2.19. The lowest BCUT2D eigenvalue weighted by Gasteiger charge is -2.04. The quantitative estimate of drug-likeness (QED) is 0.740. The largest absolute Gasteiger partial charge is 0.478 e. The first-order valence-corrected chi connectivity index (χ1v) is 4.84. The molecule has 0 atom stereocenters. The number of amides is 1. The van der Waals surface area contributed by atoms with Crippen molar-refractivity contribution in [3.63, 3.8) is 0 Å². The van der Waals surface area contributed by atoms with Gasteiger partial charge in [-0.3, -0.25) is 9.78 Å². The smallest absolute Gasteiger partial charge is 0.337 e. The van der Waals surface area contributed by atoms with Gasteiger partial charge in [0, 0.05) is 6.20 Å². The number of rotatable bonds is 4. The highest BCUT2D eigenvalue weighted by atomic mass is 16.4. The summed E-state index contributed by atoms with van der Waals surface area (Å²) in [4.78, 5) is 26.0. The molecular formula is C9H8N6O3. The van der Waals surface area contributed by atoms with Gasteiger partial charge in [-0.05, 0) is 16.5 Å². The van der Waals surface area contributed by atoms with Gasteiger partial charge < -0.3 is 10.4 Å². The molecule has 2 rings (SSSR count). The van der Waals surface area contributed by atoms with Gasteiger partial charge in [0.2, 0.25) is 5.91 Å². The van der Waals surface area contributed by atoms with Crippen molar-refractivity contribution in [3.8, 4) is 0 Å². The van der Waals surface area contributed by atoms with Crippen LogP contribution in [-0.2, 0) is 11.3 Å². The Labute approximate surface area is 100 Å². The molecule has 2 aromatic rings. The number of hydrogen-bond donors (Lipinski definition) is 2. The maximum absolute atomic E-state index is 11.6. The van der Waals surface area contributed by atoms with Gasteiger partial charge in [0.05, 0.1) is 17.4 Å². The summed E-state index contributed by atoms with van der Waals surface area (Å²) in [5, 5.41) is 21.6. The Morgan fingerprint density at radius 1 is 1.39 bits per heavy atom. The highest BCUT2D eigenvalue weighted by Crippen LogP contribution is 2.08. The van der Waals surface area contributed by atoms with Crippen molar-refractivity contribution >= 4 is 17.6 Å². The average Bonchev–Trinajstić information content (AvgIpc) is 2.82. The number of carbonyl (C=O) groups excluding carboxylic acids is 1. The SMILES string of the molecule is O=C(Cn1cnnn1)Nc1cncc(C(=O)O)c1. The van der Waals surface area contributed by atoms with Crippen LogP contribution in [0.15, 0.2) is 24.8 Å². The number of pyridine rings is 1. The predicted octanol–water partition coefficient (Wildman–Crippen LogP) is -0.595. The third-order valence-corrected chi connectivity index (χ3v) is 1.97. The molecule has 0 aliphatic rings. The lowest BCUT2D eigenvalue weighted by molar-refractivity contribution is -0.116. The molecule has 92 valence electrons. The summed E-state index contributed by atoms with van der Waals surface area (Å²) in [5.74, 6) is -1.49. The second-order valence-electron chi connectivity index (χ2n) is 3.32. The first kappa shape index (κ1) is 11.6. The molecule has 1 amide bonds. The van der Waals surface area contributed by atoms with E-state index in [2.05, 4.69) is 25.8 Å². The maximum Gasteiger partial charge on any atom is 0.337 e. The number of hydrogen-bond acceptors (Lipinski definition) is 6. The van der Waals surface area contributed by atoms with E-state index in [0.717, 1.165) is 0 Å². The van der Waals surface area contributed by atoms with E-state index in [1.54, 1.807) is 0 Å². The summed E-state index contributed by atoms with van der Waals surface area (Å²) < 4.78 is 1.24. The Hall–Kier alpha value is -2.84.